The first-order valence-electron chi connectivity index (χ1n) is 4.57. The van der Waals surface area contributed by atoms with Crippen molar-refractivity contribution in [2.75, 3.05) is 13.7 Å². The Kier molecular flexibility index (Phi) is 4.29. The van der Waals surface area contributed by atoms with E-state index in [1.807, 2.05) is 0 Å². The third kappa shape index (κ3) is 5.02. The molecule has 0 heterocycles. The number of allylic oxidation sites excluding steroid dienone is 2. The average molecular weight is 154 g/mol. The summed E-state index contributed by atoms with van der Waals surface area (Å²) in [6.45, 7) is 0.897. The molecule has 0 aromatic carbocycles. The summed E-state index contributed by atoms with van der Waals surface area (Å²) >= 11 is 0. The number of hydrogen-bond acceptors (Lipinski definition) is 1. The van der Waals surface area contributed by atoms with Gasteiger partial charge in [-0.15, -0.1) is 0 Å². The van der Waals surface area contributed by atoms with Crippen LogP contribution in [0.15, 0.2) is 12.2 Å². The fourth-order valence-corrected chi connectivity index (χ4v) is 1.11. The quantitative estimate of drug-likeness (QED) is 0.422. The van der Waals surface area contributed by atoms with E-state index in [1.165, 1.54) is 25.7 Å². The van der Waals surface area contributed by atoms with Gasteiger partial charge in [-0.05, 0) is 38.0 Å². The maximum Gasteiger partial charge on any atom is 0.0465 e. The second-order valence-corrected chi connectivity index (χ2v) is 3.29. The van der Waals surface area contributed by atoms with Gasteiger partial charge in [-0.3, -0.25) is 0 Å². The van der Waals surface area contributed by atoms with Crippen molar-refractivity contribution in [3.05, 3.63) is 12.2 Å². The first-order valence-corrected chi connectivity index (χ1v) is 4.57. The summed E-state index contributed by atoms with van der Waals surface area (Å²) in [5, 5.41) is 0. The Morgan fingerprint density at radius 1 is 1.36 bits per heavy atom. The molecular formula is C10H18O. The Morgan fingerprint density at radius 2 is 2.18 bits per heavy atom. The van der Waals surface area contributed by atoms with Gasteiger partial charge in [0.1, 0.15) is 0 Å². The summed E-state index contributed by atoms with van der Waals surface area (Å²) in [7, 11) is 1.76. The Morgan fingerprint density at radius 3 is 2.82 bits per heavy atom. The van der Waals surface area contributed by atoms with Crippen LogP contribution in [0.2, 0.25) is 0 Å². The zero-order chi connectivity index (χ0) is 7.94. The molecule has 0 bridgehead atoms. The standard InChI is InChI=1S/C10H18O/c1-11-9-5-3-2-4-6-10-7-8-10/h2,4,10H,3,5-9H2,1H3. The van der Waals surface area contributed by atoms with E-state index in [1.54, 1.807) is 7.11 Å². The van der Waals surface area contributed by atoms with Crippen LogP contribution in [0.5, 0.6) is 0 Å². The van der Waals surface area contributed by atoms with Gasteiger partial charge in [0.25, 0.3) is 0 Å². The van der Waals surface area contributed by atoms with Crippen molar-refractivity contribution in [1.82, 2.24) is 0 Å². The summed E-state index contributed by atoms with van der Waals surface area (Å²) in [4.78, 5) is 0. The first-order chi connectivity index (χ1) is 5.43. The SMILES string of the molecule is COCCCC=CCC1CC1. The molecule has 1 fully saturated rings. The highest BCUT2D eigenvalue weighted by molar-refractivity contribution is 4.88. The summed E-state index contributed by atoms with van der Waals surface area (Å²) in [5.41, 5.74) is 0. The van der Waals surface area contributed by atoms with E-state index in [9.17, 15) is 0 Å². The molecule has 0 aliphatic heterocycles. The minimum absolute atomic E-state index is 0.897. The van der Waals surface area contributed by atoms with Gasteiger partial charge in [0.2, 0.25) is 0 Å². The number of hydrogen-bond donors (Lipinski definition) is 0. The van der Waals surface area contributed by atoms with Crippen LogP contribution in [-0.2, 0) is 4.74 Å². The predicted octanol–water partition coefficient (Wildman–Crippen LogP) is 2.77. The predicted molar refractivity (Wildman–Crippen MR) is 47.6 cm³/mol. The zero-order valence-corrected chi connectivity index (χ0v) is 7.38. The molecule has 0 N–H and O–H groups in total. The molecular weight excluding hydrogens is 136 g/mol. The van der Waals surface area contributed by atoms with Crippen molar-refractivity contribution in [2.24, 2.45) is 5.92 Å². The van der Waals surface area contributed by atoms with Crippen LogP contribution in [0.3, 0.4) is 0 Å². The lowest BCUT2D eigenvalue weighted by Gasteiger charge is -1.92. The summed E-state index contributed by atoms with van der Waals surface area (Å²) in [6.07, 6.45) is 11.2. The van der Waals surface area contributed by atoms with E-state index in [-0.39, 0.29) is 0 Å². The molecule has 0 spiro atoms. The number of ether oxygens (including phenoxy) is 1. The Bertz CT molecular complexity index is 114. The Balaban J connectivity index is 1.80. The molecule has 0 radical (unpaired) electrons. The summed E-state index contributed by atoms with van der Waals surface area (Å²) < 4.78 is 4.95. The van der Waals surface area contributed by atoms with Crippen LogP contribution in [0.4, 0.5) is 0 Å². The van der Waals surface area contributed by atoms with Crippen molar-refractivity contribution in [3.63, 3.8) is 0 Å². The summed E-state index contributed by atoms with van der Waals surface area (Å²) in [6, 6.07) is 0. The molecule has 1 saturated carbocycles. The maximum absolute atomic E-state index is 4.95. The molecule has 64 valence electrons. The molecule has 1 nitrogen and oxygen atoms in total. The highest BCUT2D eigenvalue weighted by Crippen LogP contribution is 2.32. The fraction of sp³-hybridized carbons (Fsp3) is 0.800. The third-order valence-corrected chi connectivity index (χ3v) is 2.05. The minimum atomic E-state index is 0.897. The monoisotopic (exact) mass is 154 g/mol. The first kappa shape index (κ1) is 8.79. The fourth-order valence-electron chi connectivity index (χ4n) is 1.11. The smallest absolute Gasteiger partial charge is 0.0465 e. The highest BCUT2D eigenvalue weighted by Gasteiger charge is 2.18. The molecule has 1 aliphatic rings. The molecule has 0 amide bonds. The highest BCUT2D eigenvalue weighted by atomic mass is 16.5. The van der Waals surface area contributed by atoms with Gasteiger partial charge >= 0.3 is 0 Å². The van der Waals surface area contributed by atoms with E-state index in [0.29, 0.717) is 0 Å². The van der Waals surface area contributed by atoms with E-state index < -0.39 is 0 Å². The Hall–Kier alpha value is -0.300. The molecule has 11 heavy (non-hydrogen) atoms. The lowest BCUT2D eigenvalue weighted by molar-refractivity contribution is 0.196. The molecule has 1 aliphatic carbocycles. The molecule has 0 unspecified atom stereocenters. The maximum atomic E-state index is 4.95. The van der Waals surface area contributed by atoms with Gasteiger partial charge in [-0.25, -0.2) is 0 Å². The van der Waals surface area contributed by atoms with Crippen molar-refractivity contribution >= 4 is 0 Å². The molecule has 0 aromatic rings. The average Bonchev–Trinajstić information content (AvgIpc) is 2.80. The van der Waals surface area contributed by atoms with Crippen molar-refractivity contribution < 1.29 is 4.74 Å². The molecule has 1 heteroatoms. The van der Waals surface area contributed by atoms with E-state index in [4.69, 9.17) is 4.74 Å². The van der Waals surface area contributed by atoms with Gasteiger partial charge in [0, 0.05) is 13.7 Å². The van der Waals surface area contributed by atoms with Crippen LogP contribution in [0.1, 0.15) is 32.1 Å². The topological polar surface area (TPSA) is 9.23 Å². The number of unbranched alkanes of at least 4 members (excludes halogenated alkanes) is 1. The second-order valence-electron chi connectivity index (χ2n) is 3.29. The summed E-state index contributed by atoms with van der Waals surface area (Å²) in [5.74, 6) is 1.04. The van der Waals surface area contributed by atoms with Gasteiger partial charge in [-0.2, -0.15) is 0 Å². The second kappa shape index (κ2) is 5.36. The minimum Gasteiger partial charge on any atom is -0.385 e. The number of methoxy groups -OCH3 is 1. The molecule has 0 atom stereocenters. The lowest BCUT2D eigenvalue weighted by Crippen LogP contribution is -1.85. The largest absolute Gasteiger partial charge is 0.385 e. The van der Waals surface area contributed by atoms with Crippen molar-refractivity contribution in [1.29, 1.82) is 0 Å². The normalized spacial score (nSPS) is 17.9. The number of rotatable bonds is 6. The zero-order valence-electron chi connectivity index (χ0n) is 7.38. The Labute approximate surface area is 69.4 Å². The molecule has 0 aromatic heterocycles. The van der Waals surface area contributed by atoms with Gasteiger partial charge in [0.15, 0.2) is 0 Å². The van der Waals surface area contributed by atoms with E-state index >= 15 is 0 Å². The third-order valence-electron chi connectivity index (χ3n) is 2.05. The molecule has 0 saturated heterocycles. The van der Waals surface area contributed by atoms with Crippen LogP contribution < -0.4 is 0 Å². The van der Waals surface area contributed by atoms with Crippen molar-refractivity contribution in [3.8, 4) is 0 Å². The van der Waals surface area contributed by atoms with E-state index in [0.717, 1.165) is 18.9 Å². The van der Waals surface area contributed by atoms with E-state index in [2.05, 4.69) is 12.2 Å². The van der Waals surface area contributed by atoms with Gasteiger partial charge in [0.05, 0.1) is 0 Å². The van der Waals surface area contributed by atoms with Gasteiger partial charge < -0.3 is 4.74 Å². The molecule has 1 rings (SSSR count). The van der Waals surface area contributed by atoms with Crippen LogP contribution in [-0.4, -0.2) is 13.7 Å². The van der Waals surface area contributed by atoms with Crippen molar-refractivity contribution in [2.45, 2.75) is 32.1 Å². The van der Waals surface area contributed by atoms with Crippen LogP contribution in [0, 0.1) is 5.92 Å². The van der Waals surface area contributed by atoms with Crippen LogP contribution in [0.25, 0.3) is 0 Å². The lowest BCUT2D eigenvalue weighted by atomic mass is 10.2. The van der Waals surface area contributed by atoms with Gasteiger partial charge in [-0.1, -0.05) is 12.2 Å². The van der Waals surface area contributed by atoms with Crippen LogP contribution >= 0.6 is 0 Å².